The van der Waals surface area contributed by atoms with Gasteiger partial charge in [0.25, 0.3) is 5.91 Å². The number of Topliss-reactive ketones (excluding diaryl/α,β-unsaturated/α-hetero) is 2. The Bertz CT molecular complexity index is 2080. The van der Waals surface area contributed by atoms with Crippen LogP contribution in [0.15, 0.2) is 95.5 Å². The summed E-state index contributed by atoms with van der Waals surface area (Å²) in [6, 6.07) is 25.9. The second kappa shape index (κ2) is 18.1. The van der Waals surface area contributed by atoms with E-state index < -0.39 is 23.1 Å². The summed E-state index contributed by atoms with van der Waals surface area (Å²) in [6.07, 6.45) is 1.41. The smallest absolute Gasteiger partial charge is 0.254 e. The van der Waals surface area contributed by atoms with Crippen molar-refractivity contribution in [1.29, 1.82) is 0 Å². The van der Waals surface area contributed by atoms with Crippen molar-refractivity contribution in [3.8, 4) is 17.2 Å². The molecular weight excluding hydrogens is 699 g/mol. The van der Waals surface area contributed by atoms with Crippen molar-refractivity contribution in [3.63, 3.8) is 0 Å². The number of nitrogen functional groups attached to an aromatic ring is 1. The van der Waals surface area contributed by atoms with Crippen LogP contribution in [0.3, 0.4) is 0 Å². The van der Waals surface area contributed by atoms with Crippen LogP contribution in [0.4, 0.5) is 5.69 Å². The van der Waals surface area contributed by atoms with Gasteiger partial charge < -0.3 is 40.8 Å². The van der Waals surface area contributed by atoms with Crippen molar-refractivity contribution in [2.24, 2.45) is 11.5 Å². The summed E-state index contributed by atoms with van der Waals surface area (Å²) in [4.78, 5) is 43.2. The molecule has 12 nitrogen and oxygen atoms in total. The molecular formula is C43H51N5O7. The van der Waals surface area contributed by atoms with Crippen molar-refractivity contribution in [1.82, 2.24) is 10.1 Å². The summed E-state index contributed by atoms with van der Waals surface area (Å²) >= 11 is 0. The van der Waals surface area contributed by atoms with Crippen LogP contribution in [-0.4, -0.2) is 71.5 Å². The highest BCUT2D eigenvalue weighted by molar-refractivity contribution is 6.23. The lowest BCUT2D eigenvalue weighted by molar-refractivity contribution is -0.123. The molecule has 6 N–H and O–H groups in total. The summed E-state index contributed by atoms with van der Waals surface area (Å²) in [6.45, 7) is 8.67. The fourth-order valence-corrected chi connectivity index (χ4v) is 6.70. The van der Waals surface area contributed by atoms with Crippen LogP contribution in [0.25, 0.3) is 11.0 Å². The first kappa shape index (κ1) is 40.5. The Balaban J connectivity index is 1.22. The number of carbonyl (C=O) groups is 3. The maximum atomic E-state index is 14.2. The third kappa shape index (κ3) is 9.33. The van der Waals surface area contributed by atoms with E-state index >= 15 is 0 Å². The van der Waals surface area contributed by atoms with Gasteiger partial charge in [0.15, 0.2) is 28.6 Å². The van der Waals surface area contributed by atoms with Crippen molar-refractivity contribution < 1.29 is 33.1 Å². The number of aromatic nitrogens is 1. The minimum absolute atomic E-state index is 0.0559. The van der Waals surface area contributed by atoms with E-state index in [0.29, 0.717) is 59.8 Å². The van der Waals surface area contributed by atoms with E-state index in [1.54, 1.807) is 49.6 Å². The normalized spacial score (nSPS) is 13.0. The van der Waals surface area contributed by atoms with Crippen LogP contribution < -0.4 is 31.4 Å². The average molecular weight is 750 g/mol. The number of rotatable bonds is 19. The molecule has 2 unspecified atom stereocenters. The molecule has 1 heterocycles. The molecule has 4 aromatic carbocycles. The number of anilines is 1. The third-order valence-corrected chi connectivity index (χ3v) is 9.47. The van der Waals surface area contributed by atoms with Crippen molar-refractivity contribution in [2.45, 2.75) is 77.0 Å². The molecule has 290 valence electrons. The Kier molecular flexibility index (Phi) is 13.3. The monoisotopic (exact) mass is 749 g/mol. The Labute approximate surface area is 321 Å². The molecule has 0 fully saturated rings. The summed E-state index contributed by atoms with van der Waals surface area (Å²) in [5.74, 6) is -0.0248. The van der Waals surface area contributed by atoms with E-state index in [2.05, 4.69) is 5.16 Å². The predicted molar refractivity (Wildman–Crippen MR) is 213 cm³/mol. The molecule has 0 saturated carbocycles. The maximum absolute atomic E-state index is 14.2. The quantitative estimate of drug-likeness (QED) is 0.0379. The Hall–Kier alpha value is -5.72. The van der Waals surface area contributed by atoms with E-state index in [4.69, 9.17) is 35.9 Å². The average Bonchev–Trinajstić information content (AvgIpc) is 3.61. The largest absolute Gasteiger partial charge is 0.493 e. The molecule has 0 bridgehead atoms. The van der Waals surface area contributed by atoms with Gasteiger partial charge in [-0.25, -0.2) is 0 Å². The fourth-order valence-electron chi connectivity index (χ4n) is 6.70. The number of hydrogen-bond acceptors (Lipinski definition) is 11. The molecule has 0 aliphatic rings. The minimum atomic E-state index is -2.03. The molecule has 12 heteroatoms. The first-order valence-electron chi connectivity index (χ1n) is 18.5. The number of amides is 1. The van der Waals surface area contributed by atoms with Gasteiger partial charge in [0, 0.05) is 24.1 Å². The lowest BCUT2D eigenvalue weighted by Crippen LogP contribution is -2.62. The first-order chi connectivity index (χ1) is 26.3. The number of nitrogens with zero attached hydrogens (tertiary/aromatic N) is 2. The highest BCUT2D eigenvalue weighted by Crippen LogP contribution is 2.35. The zero-order chi connectivity index (χ0) is 39.7. The van der Waals surface area contributed by atoms with Crippen molar-refractivity contribution in [2.75, 3.05) is 26.1 Å². The summed E-state index contributed by atoms with van der Waals surface area (Å²) in [5.41, 5.74) is 19.9. The van der Waals surface area contributed by atoms with Gasteiger partial charge in [0.05, 0.1) is 31.8 Å². The molecule has 5 aromatic rings. The number of benzene rings is 4. The number of fused-ring (bicyclic) bond motifs is 1. The van der Waals surface area contributed by atoms with E-state index in [0.717, 1.165) is 5.56 Å². The number of methoxy groups -OCH3 is 1. The van der Waals surface area contributed by atoms with Gasteiger partial charge in [-0.2, -0.15) is 0 Å². The number of ether oxygens (including phenoxy) is 3. The molecule has 0 saturated heterocycles. The van der Waals surface area contributed by atoms with Gasteiger partial charge in [-0.3, -0.25) is 14.4 Å². The van der Waals surface area contributed by atoms with Gasteiger partial charge in [0.1, 0.15) is 17.0 Å². The predicted octanol–water partition coefficient (Wildman–Crippen LogP) is 6.18. The topological polar surface area (TPSA) is 186 Å². The van der Waals surface area contributed by atoms with Gasteiger partial charge in [0.2, 0.25) is 5.78 Å². The van der Waals surface area contributed by atoms with Crippen LogP contribution in [0.5, 0.6) is 17.2 Å². The number of unbranched alkanes of at least 4 members (excludes halogenated alkanes) is 1. The zero-order valence-electron chi connectivity index (χ0n) is 32.1. The Morgan fingerprint density at radius 1 is 0.800 bits per heavy atom. The molecule has 5 rings (SSSR count). The molecule has 1 amide bonds. The summed E-state index contributed by atoms with van der Waals surface area (Å²) in [7, 11) is 1.54. The molecule has 55 heavy (non-hydrogen) atoms. The van der Waals surface area contributed by atoms with E-state index in [1.807, 2.05) is 81.1 Å². The van der Waals surface area contributed by atoms with E-state index in [1.165, 1.54) is 0 Å². The third-order valence-electron chi connectivity index (χ3n) is 9.47. The lowest BCUT2D eigenvalue weighted by Gasteiger charge is -2.31. The van der Waals surface area contributed by atoms with E-state index in [9.17, 15) is 14.4 Å². The SMILES string of the molecule is COc1cc(C(=O)N(C(C)C)C(C)C)ccc1OCCCCOc1ccc2c(C(=O)C(N)(Cc3ccccc3)C(=O)C(N)Cc3ccccc3)noc2c1N. The maximum Gasteiger partial charge on any atom is 0.254 e. The highest BCUT2D eigenvalue weighted by atomic mass is 16.5. The molecule has 0 radical (unpaired) electrons. The van der Waals surface area contributed by atoms with Crippen molar-refractivity contribution in [3.05, 3.63) is 113 Å². The second-order valence-electron chi connectivity index (χ2n) is 14.2. The minimum Gasteiger partial charge on any atom is -0.493 e. The summed E-state index contributed by atoms with van der Waals surface area (Å²) < 4.78 is 23.0. The number of carbonyl (C=O) groups excluding carboxylic acids is 3. The van der Waals surface area contributed by atoms with E-state index in [-0.39, 0.29) is 47.8 Å². The summed E-state index contributed by atoms with van der Waals surface area (Å²) in [5, 5.41) is 4.36. The molecule has 0 spiro atoms. The van der Waals surface area contributed by atoms with Crippen LogP contribution in [-0.2, 0) is 17.6 Å². The van der Waals surface area contributed by atoms with Crippen LogP contribution in [0.2, 0.25) is 0 Å². The molecule has 2 atom stereocenters. The fraction of sp³-hybridized carbons (Fsp3) is 0.349. The number of ketones is 2. The van der Waals surface area contributed by atoms with Crippen LogP contribution in [0.1, 0.15) is 72.5 Å². The van der Waals surface area contributed by atoms with Gasteiger partial charge in [-0.05, 0) is 88.4 Å². The van der Waals surface area contributed by atoms with Gasteiger partial charge >= 0.3 is 0 Å². The molecule has 0 aliphatic heterocycles. The first-order valence-corrected chi connectivity index (χ1v) is 18.5. The van der Waals surface area contributed by atoms with Crippen LogP contribution in [0, 0.1) is 0 Å². The molecule has 1 aromatic heterocycles. The van der Waals surface area contributed by atoms with Gasteiger partial charge in [-0.1, -0.05) is 65.8 Å². The molecule has 0 aliphatic carbocycles. The number of nitrogens with two attached hydrogens (primary N) is 3. The zero-order valence-corrected chi connectivity index (χ0v) is 32.1. The Morgan fingerprint density at radius 2 is 1.38 bits per heavy atom. The standard InChI is InChI=1S/C43H51N5O7/c1-27(2)48(28(3)4)42(51)31-18-20-34(36(25-31)52-5)53-22-12-13-23-54-35-21-19-32-38(47-55-39(32)37(35)45)41(50)43(46,26-30-16-10-7-11-17-30)40(49)33(44)24-29-14-8-6-9-15-29/h6-11,14-21,25,27-28,33H,12-13,22-24,26,44-46H2,1-5H3. The van der Waals surface area contributed by atoms with Gasteiger partial charge in [-0.15, -0.1) is 0 Å². The highest BCUT2D eigenvalue weighted by Gasteiger charge is 2.46. The van der Waals surface area contributed by atoms with Crippen molar-refractivity contribution >= 4 is 34.1 Å². The number of hydrogen-bond donors (Lipinski definition) is 3. The van der Waals surface area contributed by atoms with Crippen LogP contribution >= 0.6 is 0 Å². The lowest BCUT2D eigenvalue weighted by atomic mass is 9.78. The Morgan fingerprint density at radius 3 is 1.98 bits per heavy atom. The second-order valence-corrected chi connectivity index (χ2v) is 14.2.